The Hall–Kier alpha value is -1.03. The van der Waals surface area contributed by atoms with E-state index in [1.54, 1.807) is 0 Å². The minimum atomic E-state index is -0.288. The first-order valence-electron chi connectivity index (χ1n) is 7.63. The Bertz CT molecular complexity index is 590. The number of hydrogen-bond donors (Lipinski definition) is 2. The highest BCUT2D eigenvalue weighted by Gasteiger charge is 2.10. The van der Waals surface area contributed by atoms with Gasteiger partial charge in [-0.25, -0.2) is 0 Å². The Morgan fingerprint density at radius 2 is 2.05 bits per heavy atom. The Labute approximate surface area is 131 Å². The van der Waals surface area contributed by atoms with Gasteiger partial charge >= 0.3 is 0 Å². The first-order valence-corrected chi connectivity index (χ1v) is 8.01. The number of rotatable bonds is 7. The molecule has 0 aliphatic rings. The van der Waals surface area contributed by atoms with Crippen LogP contribution in [0.5, 0.6) is 0 Å². The molecule has 3 nitrogen and oxygen atoms in total. The first kappa shape index (κ1) is 16.3. The largest absolute Gasteiger partial charge is 0.393 e. The molecule has 1 aromatic carbocycles. The molecular formula is C17H25ClN2O. The zero-order valence-corrected chi connectivity index (χ0v) is 13.8. The molecule has 2 aromatic rings. The van der Waals surface area contributed by atoms with Gasteiger partial charge < -0.3 is 15.0 Å². The lowest BCUT2D eigenvalue weighted by molar-refractivity contribution is 0.178. The number of aliphatic hydroxyl groups excluding tert-OH is 1. The molecule has 0 aliphatic carbocycles. The van der Waals surface area contributed by atoms with Crippen LogP contribution in [0.1, 0.15) is 32.8 Å². The number of aryl methyl sites for hydroxylation is 1. The SMILES string of the molecule is CC(C)CNCc1cn(CCC(C)O)c2cc(Cl)ccc12. The fourth-order valence-corrected chi connectivity index (χ4v) is 2.65. The third-order valence-electron chi connectivity index (χ3n) is 3.58. The van der Waals surface area contributed by atoms with Gasteiger partial charge in [0.15, 0.2) is 0 Å². The highest BCUT2D eigenvalue weighted by atomic mass is 35.5. The molecule has 4 heteroatoms. The molecule has 0 fully saturated rings. The molecule has 1 unspecified atom stereocenters. The molecule has 0 saturated heterocycles. The van der Waals surface area contributed by atoms with Gasteiger partial charge in [-0.1, -0.05) is 31.5 Å². The zero-order valence-electron chi connectivity index (χ0n) is 13.1. The van der Waals surface area contributed by atoms with E-state index in [1.165, 1.54) is 10.9 Å². The molecular weight excluding hydrogens is 284 g/mol. The number of nitrogens with one attached hydrogen (secondary N) is 1. The number of aromatic nitrogens is 1. The average molecular weight is 309 g/mol. The summed E-state index contributed by atoms with van der Waals surface area (Å²) < 4.78 is 2.19. The summed E-state index contributed by atoms with van der Waals surface area (Å²) in [4.78, 5) is 0. The van der Waals surface area contributed by atoms with Crippen molar-refractivity contribution in [3.05, 3.63) is 35.0 Å². The maximum atomic E-state index is 9.50. The van der Waals surface area contributed by atoms with Gasteiger partial charge in [0.05, 0.1) is 6.10 Å². The highest BCUT2D eigenvalue weighted by molar-refractivity contribution is 6.31. The molecule has 2 rings (SSSR count). The van der Waals surface area contributed by atoms with Crippen molar-refractivity contribution in [2.45, 2.75) is 46.4 Å². The van der Waals surface area contributed by atoms with Crippen molar-refractivity contribution < 1.29 is 5.11 Å². The van der Waals surface area contributed by atoms with Crippen LogP contribution >= 0.6 is 11.6 Å². The second-order valence-corrected chi connectivity index (χ2v) is 6.61. The van der Waals surface area contributed by atoms with Gasteiger partial charge in [-0.05, 0) is 43.5 Å². The van der Waals surface area contributed by atoms with Crippen molar-refractivity contribution in [2.75, 3.05) is 6.54 Å². The molecule has 1 atom stereocenters. The summed E-state index contributed by atoms with van der Waals surface area (Å²) in [5, 5.41) is 15.0. The molecule has 0 bridgehead atoms. The molecule has 0 spiro atoms. The van der Waals surface area contributed by atoms with Crippen molar-refractivity contribution in [1.29, 1.82) is 0 Å². The van der Waals surface area contributed by atoms with E-state index in [4.69, 9.17) is 11.6 Å². The molecule has 116 valence electrons. The van der Waals surface area contributed by atoms with Crippen LogP contribution in [0.3, 0.4) is 0 Å². The van der Waals surface area contributed by atoms with E-state index in [-0.39, 0.29) is 6.10 Å². The summed E-state index contributed by atoms with van der Waals surface area (Å²) in [5.41, 5.74) is 2.43. The predicted octanol–water partition coefficient (Wildman–Crippen LogP) is 3.81. The molecule has 1 heterocycles. The van der Waals surface area contributed by atoms with Crippen LogP contribution in [0.25, 0.3) is 10.9 Å². The minimum absolute atomic E-state index is 0.288. The van der Waals surface area contributed by atoms with E-state index in [2.05, 4.69) is 36.0 Å². The number of halogens is 1. The topological polar surface area (TPSA) is 37.2 Å². The van der Waals surface area contributed by atoms with Crippen LogP contribution in [0.15, 0.2) is 24.4 Å². The van der Waals surface area contributed by atoms with Crippen LogP contribution in [-0.2, 0) is 13.1 Å². The fraction of sp³-hybridized carbons (Fsp3) is 0.529. The average Bonchev–Trinajstić information content (AvgIpc) is 2.73. The summed E-state index contributed by atoms with van der Waals surface area (Å²) >= 11 is 6.13. The van der Waals surface area contributed by atoms with Crippen LogP contribution < -0.4 is 5.32 Å². The lowest BCUT2D eigenvalue weighted by Crippen LogP contribution is -2.18. The quantitative estimate of drug-likeness (QED) is 0.816. The van der Waals surface area contributed by atoms with Gasteiger partial charge in [-0.2, -0.15) is 0 Å². The lowest BCUT2D eigenvalue weighted by atomic mass is 10.1. The smallest absolute Gasteiger partial charge is 0.0529 e. The van der Waals surface area contributed by atoms with Crippen LogP contribution in [0.4, 0.5) is 0 Å². The van der Waals surface area contributed by atoms with E-state index in [1.807, 2.05) is 19.1 Å². The third kappa shape index (κ3) is 4.47. The normalized spacial score (nSPS) is 13.2. The van der Waals surface area contributed by atoms with Crippen molar-refractivity contribution >= 4 is 22.5 Å². The van der Waals surface area contributed by atoms with Gasteiger partial charge in [0.2, 0.25) is 0 Å². The van der Waals surface area contributed by atoms with E-state index in [0.717, 1.165) is 36.6 Å². The van der Waals surface area contributed by atoms with Gasteiger partial charge in [-0.3, -0.25) is 0 Å². The third-order valence-corrected chi connectivity index (χ3v) is 3.82. The standard InChI is InChI=1S/C17H25ClN2O/c1-12(2)9-19-10-14-11-20(7-6-13(3)21)17-8-15(18)4-5-16(14)17/h4-5,8,11-13,19,21H,6-7,9-10H2,1-3H3. The molecule has 0 radical (unpaired) electrons. The van der Waals surface area contributed by atoms with Gasteiger partial charge in [-0.15, -0.1) is 0 Å². The Morgan fingerprint density at radius 3 is 2.71 bits per heavy atom. The van der Waals surface area contributed by atoms with Crippen molar-refractivity contribution in [2.24, 2.45) is 5.92 Å². The fourth-order valence-electron chi connectivity index (χ4n) is 2.49. The van der Waals surface area contributed by atoms with E-state index in [9.17, 15) is 5.11 Å². The zero-order chi connectivity index (χ0) is 15.4. The van der Waals surface area contributed by atoms with Crippen LogP contribution in [0, 0.1) is 5.92 Å². The Morgan fingerprint density at radius 1 is 1.29 bits per heavy atom. The number of fused-ring (bicyclic) bond motifs is 1. The molecule has 0 aliphatic heterocycles. The second kappa shape index (κ2) is 7.30. The van der Waals surface area contributed by atoms with E-state index >= 15 is 0 Å². The van der Waals surface area contributed by atoms with Crippen LogP contribution in [-0.4, -0.2) is 22.3 Å². The number of hydrogen-bond acceptors (Lipinski definition) is 2. The summed E-state index contributed by atoms with van der Waals surface area (Å²) in [6, 6.07) is 6.03. The monoisotopic (exact) mass is 308 g/mol. The van der Waals surface area contributed by atoms with E-state index < -0.39 is 0 Å². The second-order valence-electron chi connectivity index (χ2n) is 6.17. The maximum absolute atomic E-state index is 9.50. The van der Waals surface area contributed by atoms with Crippen molar-refractivity contribution in [3.8, 4) is 0 Å². The first-order chi connectivity index (χ1) is 9.97. The molecule has 21 heavy (non-hydrogen) atoms. The maximum Gasteiger partial charge on any atom is 0.0529 e. The lowest BCUT2D eigenvalue weighted by Gasteiger charge is -2.07. The van der Waals surface area contributed by atoms with Gasteiger partial charge in [0.1, 0.15) is 0 Å². The molecule has 1 aromatic heterocycles. The minimum Gasteiger partial charge on any atom is -0.393 e. The van der Waals surface area contributed by atoms with Crippen LogP contribution in [0.2, 0.25) is 5.02 Å². The molecule has 2 N–H and O–H groups in total. The number of benzene rings is 1. The molecule has 0 saturated carbocycles. The van der Waals surface area contributed by atoms with Gasteiger partial charge in [0, 0.05) is 35.2 Å². The van der Waals surface area contributed by atoms with E-state index in [0.29, 0.717) is 5.92 Å². The molecule has 0 amide bonds. The van der Waals surface area contributed by atoms with Gasteiger partial charge in [0.25, 0.3) is 0 Å². The predicted molar refractivity (Wildman–Crippen MR) is 89.8 cm³/mol. The number of aliphatic hydroxyl groups is 1. The number of nitrogens with zero attached hydrogens (tertiary/aromatic N) is 1. The summed E-state index contributed by atoms with van der Waals surface area (Å²) in [6.07, 6.45) is 2.63. The van der Waals surface area contributed by atoms with Crippen molar-refractivity contribution in [1.82, 2.24) is 9.88 Å². The summed E-state index contributed by atoms with van der Waals surface area (Å²) in [6.45, 7) is 8.91. The Balaban J connectivity index is 2.24. The highest BCUT2D eigenvalue weighted by Crippen LogP contribution is 2.25. The summed E-state index contributed by atoms with van der Waals surface area (Å²) in [7, 11) is 0. The summed E-state index contributed by atoms with van der Waals surface area (Å²) in [5.74, 6) is 0.642. The van der Waals surface area contributed by atoms with Crippen molar-refractivity contribution in [3.63, 3.8) is 0 Å². The Kier molecular flexibility index (Phi) is 5.68.